The van der Waals surface area contributed by atoms with E-state index >= 15 is 0 Å². The topological polar surface area (TPSA) is 50.4 Å². The number of ether oxygens (including phenoxy) is 1. The van der Waals surface area contributed by atoms with Gasteiger partial charge in [-0.3, -0.25) is 4.79 Å². The van der Waals surface area contributed by atoms with Crippen molar-refractivity contribution in [3.8, 4) is 5.75 Å². The number of rotatable bonds is 6. The van der Waals surface area contributed by atoms with Gasteiger partial charge in [-0.15, -0.1) is 0 Å². The first kappa shape index (κ1) is 17.8. The van der Waals surface area contributed by atoms with Gasteiger partial charge in [0, 0.05) is 6.04 Å². The lowest BCUT2D eigenvalue weighted by Gasteiger charge is -2.16. The minimum Gasteiger partial charge on any atom is -0.496 e. The molecule has 118 valence electrons. The Morgan fingerprint density at radius 2 is 2.10 bits per heavy atom. The van der Waals surface area contributed by atoms with E-state index in [0.29, 0.717) is 5.75 Å². The fraction of sp³-hybridized carbons (Fsp3) is 0.462. The molecule has 2 N–H and O–H groups in total. The van der Waals surface area contributed by atoms with Crippen LogP contribution in [-0.2, 0) is 4.79 Å². The molecular formula is C13H16BrF3N2O2. The predicted octanol–water partition coefficient (Wildman–Crippen LogP) is 2.79. The Labute approximate surface area is 129 Å². The molecular weight excluding hydrogens is 353 g/mol. The molecule has 0 unspecified atom stereocenters. The van der Waals surface area contributed by atoms with E-state index in [4.69, 9.17) is 4.74 Å². The van der Waals surface area contributed by atoms with Crippen LogP contribution in [0.15, 0.2) is 22.7 Å². The van der Waals surface area contributed by atoms with Gasteiger partial charge >= 0.3 is 6.18 Å². The Kier molecular flexibility index (Phi) is 6.47. The quantitative estimate of drug-likeness (QED) is 0.811. The van der Waals surface area contributed by atoms with Crippen molar-refractivity contribution in [2.75, 3.05) is 20.2 Å². The summed E-state index contributed by atoms with van der Waals surface area (Å²) < 4.78 is 41.7. The molecule has 0 saturated carbocycles. The smallest absolute Gasteiger partial charge is 0.405 e. The molecule has 0 aliphatic rings. The molecule has 0 aromatic heterocycles. The van der Waals surface area contributed by atoms with Crippen LogP contribution in [0.25, 0.3) is 0 Å². The first-order chi connectivity index (χ1) is 9.73. The number of carbonyl (C=O) groups excluding carboxylic acids is 1. The van der Waals surface area contributed by atoms with Gasteiger partial charge in [0.1, 0.15) is 12.3 Å². The van der Waals surface area contributed by atoms with Gasteiger partial charge in [-0.1, -0.05) is 6.07 Å². The van der Waals surface area contributed by atoms with Gasteiger partial charge in [0.25, 0.3) is 0 Å². The molecule has 0 bridgehead atoms. The lowest BCUT2D eigenvalue weighted by Crippen LogP contribution is -2.39. The predicted molar refractivity (Wildman–Crippen MR) is 76.2 cm³/mol. The maximum Gasteiger partial charge on any atom is 0.405 e. The SMILES string of the molecule is COc1ccc([C@H](C)NCC(=O)NCC(F)(F)F)cc1Br. The standard InChI is InChI=1S/C13H16BrF3N2O2/c1-8(9-3-4-11(21-2)10(14)5-9)18-6-12(20)19-7-13(15,16)17/h3-5,8,18H,6-7H2,1-2H3,(H,19,20)/t8-/m0/s1. The largest absolute Gasteiger partial charge is 0.496 e. The molecule has 4 nitrogen and oxygen atoms in total. The second-order valence-electron chi connectivity index (χ2n) is 4.39. The summed E-state index contributed by atoms with van der Waals surface area (Å²) in [6.45, 7) is 0.294. The first-order valence-electron chi connectivity index (χ1n) is 6.13. The Balaban J connectivity index is 2.48. The number of methoxy groups -OCH3 is 1. The number of nitrogens with one attached hydrogen (secondary N) is 2. The maximum atomic E-state index is 11.9. The summed E-state index contributed by atoms with van der Waals surface area (Å²) in [5, 5.41) is 4.66. The van der Waals surface area contributed by atoms with Gasteiger partial charge in [-0.25, -0.2) is 0 Å². The Morgan fingerprint density at radius 3 is 2.62 bits per heavy atom. The Hall–Kier alpha value is -1.28. The monoisotopic (exact) mass is 368 g/mol. The number of carbonyl (C=O) groups is 1. The van der Waals surface area contributed by atoms with Crippen LogP contribution in [-0.4, -0.2) is 32.3 Å². The average Bonchev–Trinajstić information content (AvgIpc) is 2.41. The van der Waals surface area contributed by atoms with Crippen molar-refractivity contribution in [3.05, 3.63) is 28.2 Å². The van der Waals surface area contributed by atoms with Gasteiger partial charge in [0.2, 0.25) is 5.91 Å². The fourth-order valence-electron chi connectivity index (χ4n) is 1.58. The molecule has 0 fully saturated rings. The van der Waals surface area contributed by atoms with E-state index in [-0.39, 0.29) is 12.6 Å². The molecule has 1 amide bonds. The summed E-state index contributed by atoms with van der Waals surface area (Å²) in [5.74, 6) is -0.0272. The van der Waals surface area contributed by atoms with Gasteiger partial charge in [0.05, 0.1) is 18.1 Å². The molecule has 1 aromatic rings. The van der Waals surface area contributed by atoms with Crippen molar-refractivity contribution in [3.63, 3.8) is 0 Å². The van der Waals surface area contributed by atoms with Crippen molar-refractivity contribution in [2.45, 2.75) is 19.1 Å². The second-order valence-corrected chi connectivity index (χ2v) is 5.24. The third kappa shape index (κ3) is 6.34. The number of hydrogen-bond donors (Lipinski definition) is 2. The minimum absolute atomic E-state index is 0.191. The number of halogens is 4. The molecule has 0 radical (unpaired) electrons. The third-order valence-corrected chi connectivity index (χ3v) is 3.35. The van der Waals surface area contributed by atoms with Crippen molar-refractivity contribution >= 4 is 21.8 Å². The molecule has 0 spiro atoms. The van der Waals surface area contributed by atoms with E-state index in [1.54, 1.807) is 18.5 Å². The van der Waals surface area contributed by atoms with Crippen LogP contribution in [0.5, 0.6) is 5.75 Å². The van der Waals surface area contributed by atoms with Crippen LogP contribution >= 0.6 is 15.9 Å². The normalized spacial score (nSPS) is 12.9. The fourth-order valence-corrected chi connectivity index (χ4v) is 2.14. The van der Waals surface area contributed by atoms with Crippen LogP contribution in [0, 0.1) is 0 Å². The van der Waals surface area contributed by atoms with Gasteiger partial charge < -0.3 is 15.4 Å². The zero-order valence-electron chi connectivity index (χ0n) is 11.6. The van der Waals surface area contributed by atoms with Gasteiger partial charge in [-0.2, -0.15) is 13.2 Å². The summed E-state index contributed by atoms with van der Waals surface area (Å²) in [4.78, 5) is 11.3. The molecule has 0 saturated heterocycles. The number of hydrogen-bond acceptors (Lipinski definition) is 3. The number of benzene rings is 1. The van der Waals surface area contributed by atoms with E-state index in [0.717, 1.165) is 10.0 Å². The summed E-state index contributed by atoms with van der Waals surface area (Å²) in [6, 6.07) is 5.21. The summed E-state index contributed by atoms with van der Waals surface area (Å²) in [7, 11) is 1.55. The van der Waals surface area contributed by atoms with Crippen LogP contribution in [0.4, 0.5) is 13.2 Å². The molecule has 8 heteroatoms. The van der Waals surface area contributed by atoms with Crippen molar-refractivity contribution < 1.29 is 22.7 Å². The zero-order valence-corrected chi connectivity index (χ0v) is 13.1. The molecule has 0 aliphatic carbocycles. The molecule has 21 heavy (non-hydrogen) atoms. The Morgan fingerprint density at radius 1 is 1.43 bits per heavy atom. The van der Waals surface area contributed by atoms with E-state index in [1.165, 1.54) is 0 Å². The van der Waals surface area contributed by atoms with E-state index in [1.807, 2.05) is 19.1 Å². The highest BCUT2D eigenvalue weighted by Gasteiger charge is 2.27. The van der Waals surface area contributed by atoms with Crippen molar-refractivity contribution in [2.24, 2.45) is 0 Å². The van der Waals surface area contributed by atoms with Gasteiger partial charge in [0.15, 0.2) is 0 Å². The third-order valence-electron chi connectivity index (χ3n) is 2.73. The molecule has 1 rings (SSSR count). The van der Waals surface area contributed by atoms with Crippen LogP contribution in [0.3, 0.4) is 0 Å². The summed E-state index contributed by atoms with van der Waals surface area (Å²) >= 11 is 3.35. The van der Waals surface area contributed by atoms with Crippen molar-refractivity contribution in [1.82, 2.24) is 10.6 Å². The minimum atomic E-state index is -4.40. The van der Waals surface area contributed by atoms with Crippen LogP contribution < -0.4 is 15.4 Å². The highest BCUT2D eigenvalue weighted by atomic mass is 79.9. The number of alkyl halides is 3. The van der Waals surface area contributed by atoms with Crippen LogP contribution in [0.2, 0.25) is 0 Å². The molecule has 0 heterocycles. The van der Waals surface area contributed by atoms with E-state index < -0.39 is 18.6 Å². The highest BCUT2D eigenvalue weighted by molar-refractivity contribution is 9.10. The van der Waals surface area contributed by atoms with Gasteiger partial charge in [-0.05, 0) is 40.5 Å². The lowest BCUT2D eigenvalue weighted by molar-refractivity contribution is -0.137. The zero-order chi connectivity index (χ0) is 16.0. The molecule has 0 aliphatic heterocycles. The van der Waals surface area contributed by atoms with E-state index in [9.17, 15) is 18.0 Å². The lowest BCUT2D eigenvalue weighted by atomic mass is 10.1. The summed E-state index contributed by atoms with van der Waals surface area (Å²) in [5.41, 5.74) is 0.881. The van der Waals surface area contributed by atoms with Crippen molar-refractivity contribution in [1.29, 1.82) is 0 Å². The molecule has 1 aromatic carbocycles. The Bertz CT molecular complexity index is 495. The number of amides is 1. The molecule has 1 atom stereocenters. The van der Waals surface area contributed by atoms with Crippen LogP contribution in [0.1, 0.15) is 18.5 Å². The maximum absolute atomic E-state index is 11.9. The average molecular weight is 369 g/mol. The van der Waals surface area contributed by atoms with E-state index in [2.05, 4.69) is 21.2 Å². The second kappa shape index (κ2) is 7.65. The first-order valence-corrected chi connectivity index (χ1v) is 6.92. The summed E-state index contributed by atoms with van der Waals surface area (Å²) in [6.07, 6.45) is -4.40. The highest BCUT2D eigenvalue weighted by Crippen LogP contribution is 2.27.